The van der Waals surface area contributed by atoms with Crippen molar-refractivity contribution in [2.24, 2.45) is 0 Å². The highest BCUT2D eigenvalue weighted by Gasteiger charge is 2.35. The first kappa shape index (κ1) is 14.4. The van der Waals surface area contributed by atoms with E-state index in [1.807, 2.05) is 0 Å². The van der Waals surface area contributed by atoms with Crippen LogP contribution in [0.15, 0.2) is 54.6 Å². The van der Waals surface area contributed by atoms with Crippen molar-refractivity contribution in [3.8, 4) is 0 Å². The Bertz CT molecular complexity index is 600. The maximum absolute atomic E-state index is 2.68. The monoisotopic (exact) mass is 295 g/mol. The molecule has 0 fully saturated rings. The van der Waals surface area contributed by atoms with Crippen molar-refractivity contribution in [1.82, 2.24) is 0 Å². The predicted molar refractivity (Wildman–Crippen MR) is 94.5 cm³/mol. The molecule has 3 rings (SSSR count). The van der Waals surface area contributed by atoms with Gasteiger partial charge in [0.1, 0.15) is 0 Å². The Balaban J connectivity index is 1.98. The molecular weight excluding hydrogens is 270 g/mol. The smallest absolute Gasteiger partial charge is 0.0705 e. The third-order valence-corrected chi connectivity index (χ3v) is 7.16. The van der Waals surface area contributed by atoms with E-state index in [-0.39, 0.29) is 0 Å². The Morgan fingerprint density at radius 1 is 0.952 bits per heavy atom. The zero-order valence-corrected chi connectivity index (χ0v) is 14.3. The molecule has 2 aromatic rings. The molecule has 110 valence electrons. The molecule has 0 amide bonds. The molecule has 21 heavy (non-hydrogen) atoms. The molecule has 1 nitrogen and oxygen atoms in total. The second kappa shape index (κ2) is 5.68. The van der Waals surface area contributed by atoms with Crippen LogP contribution in [0.25, 0.3) is 0 Å². The fourth-order valence-electron chi connectivity index (χ4n) is 3.49. The summed E-state index contributed by atoms with van der Waals surface area (Å²) in [5.41, 5.74) is 5.12. The maximum Gasteiger partial charge on any atom is 0.0705 e. The molecule has 0 aromatic heterocycles. The van der Waals surface area contributed by atoms with Crippen LogP contribution in [-0.4, -0.2) is 13.7 Å². The molecule has 1 atom stereocenters. The van der Waals surface area contributed by atoms with E-state index in [0.29, 0.717) is 0 Å². The lowest BCUT2D eigenvalue weighted by atomic mass is 10.0. The summed E-state index contributed by atoms with van der Waals surface area (Å²) in [5, 5.41) is 0. The van der Waals surface area contributed by atoms with Crippen LogP contribution in [0.5, 0.6) is 0 Å². The second-order valence-electron chi connectivity index (χ2n) is 7.16. The van der Waals surface area contributed by atoms with Crippen LogP contribution in [0, 0.1) is 0 Å². The molecule has 1 aliphatic heterocycles. The van der Waals surface area contributed by atoms with Crippen molar-refractivity contribution in [2.75, 3.05) is 4.90 Å². The number of hydrogen-bond acceptors (Lipinski definition) is 1. The van der Waals surface area contributed by atoms with E-state index in [1.165, 1.54) is 29.7 Å². The number of benzene rings is 2. The minimum Gasteiger partial charge on any atom is -0.367 e. The molecule has 0 unspecified atom stereocenters. The summed E-state index contributed by atoms with van der Waals surface area (Å²) in [7, 11) is -1.22. The van der Waals surface area contributed by atoms with Gasteiger partial charge < -0.3 is 4.90 Å². The van der Waals surface area contributed by atoms with Gasteiger partial charge in [-0.05, 0) is 30.0 Å². The molecule has 0 radical (unpaired) electrons. The number of para-hydroxylation sites is 1. The highest BCUT2D eigenvalue weighted by molar-refractivity contribution is 6.78. The minimum atomic E-state index is -1.22. The highest BCUT2D eigenvalue weighted by atomic mass is 28.3. The summed E-state index contributed by atoms with van der Waals surface area (Å²) in [6, 6.07) is 19.9. The molecule has 0 aliphatic carbocycles. The van der Waals surface area contributed by atoms with Gasteiger partial charge in [-0.3, -0.25) is 0 Å². The van der Waals surface area contributed by atoms with Crippen LogP contribution in [0.4, 0.5) is 5.69 Å². The van der Waals surface area contributed by atoms with Crippen LogP contribution in [0.3, 0.4) is 0 Å². The number of nitrogens with zero attached hydrogens (tertiary/aromatic N) is 1. The minimum absolute atomic E-state index is 0.729. The van der Waals surface area contributed by atoms with Gasteiger partial charge in [-0.2, -0.15) is 0 Å². The van der Waals surface area contributed by atoms with Crippen molar-refractivity contribution in [3.63, 3.8) is 0 Å². The van der Waals surface area contributed by atoms with E-state index in [1.54, 1.807) is 0 Å². The molecular formula is C19H25NSi. The van der Waals surface area contributed by atoms with E-state index in [9.17, 15) is 0 Å². The van der Waals surface area contributed by atoms with Crippen molar-refractivity contribution in [3.05, 3.63) is 65.7 Å². The number of anilines is 1. The predicted octanol–water partition coefficient (Wildman–Crippen LogP) is 4.89. The molecule has 2 heteroatoms. The quantitative estimate of drug-likeness (QED) is 0.729. The molecule has 2 aromatic carbocycles. The lowest BCUT2D eigenvalue weighted by Crippen LogP contribution is -2.53. The Kier molecular flexibility index (Phi) is 3.90. The fourth-order valence-corrected chi connectivity index (χ4v) is 5.67. The average Bonchev–Trinajstić information content (AvgIpc) is 2.47. The van der Waals surface area contributed by atoms with Crippen LogP contribution in [-0.2, 0) is 13.0 Å². The van der Waals surface area contributed by atoms with Crippen molar-refractivity contribution < 1.29 is 0 Å². The van der Waals surface area contributed by atoms with E-state index in [2.05, 4.69) is 79.1 Å². The van der Waals surface area contributed by atoms with E-state index in [4.69, 9.17) is 0 Å². The summed E-state index contributed by atoms with van der Waals surface area (Å²) in [6.45, 7) is 8.55. The lowest BCUT2D eigenvalue weighted by molar-refractivity contribution is 0.626. The summed E-state index contributed by atoms with van der Waals surface area (Å²) >= 11 is 0. The van der Waals surface area contributed by atoms with Crippen LogP contribution in [0.2, 0.25) is 19.6 Å². The molecule has 0 spiro atoms. The summed E-state index contributed by atoms with van der Waals surface area (Å²) < 4.78 is 0. The first-order valence-electron chi connectivity index (χ1n) is 7.94. The average molecular weight is 296 g/mol. The van der Waals surface area contributed by atoms with Crippen molar-refractivity contribution >= 4 is 13.8 Å². The Hall–Kier alpha value is -1.54. The van der Waals surface area contributed by atoms with Gasteiger partial charge >= 0.3 is 0 Å². The first-order valence-corrected chi connectivity index (χ1v) is 11.5. The van der Waals surface area contributed by atoms with Gasteiger partial charge in [0.15, 0.2) is 0 Å². The summed E-state index contributed by atoms with van der Waals surface area (Å²) in [6.07, 6.45) is 2.54. The maximum atomic E-state index is 2.68. The van der Waals surface area contributed by atoms with Gasteiger partial charge in [0.2, 0.25) is 0 Å². The first-order chi connectivity index (χ1) is 10.1. The normalized spacial score (nSPS) is 18.4. The second-order valence-corrected chi connectivity index (χ2v) is 12.6. The van der Waals surface area contributed by atoms with Crippen LogP contribution in [0.1, 0.15) is 17.5 Å². The number of rotatable bonds is 3. The Morgan fingerprint density at radius 3 is 2.33 bits per heavy atom. The third kappa shape index (κ3) is 3.05. The standard InChI is InChI=1S/C19H25NSi/c1-21(2,3)19-14-13-17-11-7-8-12-18(17)20(19)15-16-9-5-4-6-10-16/h4-12,19H,13-15H2,1-3H3/t19-/m0/s1. The summed E-state index contributed by atoms with van der Waals surface area (Å²) in [4.78, 5) is 2.68. The third-order valence-electron chi connectivity index (χ3n) is 4.56. The molecule has 0 bridgehead atoms. The number of aryl methyl sites for hydroxylation is 1. The fraction of sp³-hybridized carbons (Fsp3) is 0.368. The molecule has 1 heterocycles. The topological polar surface area (TPSA) is 3.24 Å². The van der Waals surface area contributed by atoms with Gasteiger partial charge in [-0.1, -0.05) is 68.2 Å². The largest absolute Gasteiger partial charge is 0.367 e. The lowest BCUT2D eigenvalue weighted by Gasteiger charge is -2.45. The zero-order chi connectivity index (χ0) is 14.9. The van der Waals surface area contributed by atoms with Crippen molar-refractivity contribution in [1.29, 1.82) is 0 Å². The number of fused-ring (bicyclic) bond motifs is 1. The zero-order valence-electron chi connectivity index (χ0n) is 13.3. The SMILES string of the molecule is C[Si](C)(C)[C@H]1CCc2ccccc2N1Cc1ccccc1. The Labute approximate surface area is 129 Å². The van der Waals surface area contributed by atoms with E-state index >= 15 is 0 Å². The van der Waals surface area contributed by atoms with E-state index < -0.39 is 8.07 Å². The van der Waals surface area contributed by atoms with Gasteiger partial charge in [0.25, 0.3) is 0 Å². The van der Waals surface area contributed by atoms with Crippen LogP contribution >= 0.6 is 0 Å². The van der Waals surface area contributed by atoms with Gasteiger partial charge in [0, 0.05) is 17.9 Å². The Morgan fingerprint density at radius 2 is 1.62 bits per heavy atom. The van der Waals surface area contributed by atoms with Crippen LogP contribution < -0.4 is 4.90 Å². The van der Waals surface area contributed by atoms with E-state index in [0.717, 1.165) is 12.2 Å². The molecule has 0 N–H and O–H groups in total. The highest BCUT2D eigenvalue weighted by Crippen LogP contribution is 2.35. The van der Waals surface area contributed by atoms with Gasteiger partial charge in [0.05, 0.1) is 8.07 Å². The summed E-state index contributed by atoms with van der Waals surface area (Å²) in [5.74, 6) is 0. The molecule has 0 saturated heterocycles. The molecule has 0 saturated carbocycles. The van der Waals surface area contributed by atoms with Gasteiger partial charge in [-0.15, -0.1) is 0 Å². The van der Waals surface area contributed by atoms with Gasteiger partial charge in [-0.25, -0.2) is 0 Å². The molecule has 1 aliphatic rings. The number of hydrogen-bond donors (Lipinski definition) is 0. The van der Waals surface area contributed by atoms with Crippen molar-refractivity contribution in [2.45, 2.75) is 44.7 Å².